The maximum Gasteiger partial charge on any atom is 0.402 e. The van der Waals surface area contributed by atoms with Crippen LogP contribution in [0.2, 0.25) is 0 Å². The van der Waals surface area contributed by atoms with Crippen molar-refractivity contribution in [2.45, 2.75) is 31.0 Å². The van der Waals surface area contributed by atoms with Gasteiger partial charge in [-0.15, -0.1) is 0 Å². The highest BCUT2D eigenvalue weighted by Crippen LogP contribution is 2.23. The molecule has 0 fully saturated rings. The van der Waals surface area contributed by atoms with E-state index in [1.54, 1.807) is 0 Å². The predicted octanol–water partition coefficient (Wildman–Crippen LogP) is 1.92. The zero-order valence-electron chi connectivity index (χ0n) is 11.1. The second-order valence-electron chi connectivity index (χ2n) is 4.32. The molecule has 0 aliphatic carbocycles. The van der Waals surface area contributed by atoms with E-state index in [1.165, 1.54) is 18.2 Å². The molecule has 1 N–H and O–H groups in total. The van der Waals surface area contributed by atoms with Gasteiger partial charge < -0.3 is 5.11 Å². The number of benzene rings is 1. The van der Waals surface area contributed by atoms with Gasteiger partial charge in [-0.1, -0.05) is 13.0 Å². The van der Waals surface area contributed by atoms with Gasteiger partial charge >= 0.3 is 6.18 Å². The van der Waals surface area contributed by atoms with E-state index in [4.69, 9.17) is 0 Å². The molecule has 20 heavy (non-hydrogen) atoms. The van der Waals surface area contributed by atoms with Crippen molar-refractivity contribution < 1.29 is 26.7 Å². The van der Waals surface area contributed by atoms with Crippen LogP contribution in [-0.2, 0) is 23.1 Å². The van der Waals surface area contributed by atoms with Crippen LogP contribution in [0.4, 0.5) is 13.2 Å². The molecular weight excluding hydrogens is 295 g/mol. The minimum Gasteiger partial charge on any atom is -0.392 e. The summed E-state index contributed by atoms with van der Waals surface area (Å²) in [6.45, 7) is -0.0900. The highest BCUT2D eigenvalue weighted by atomic mass is 32.2. The first-order chi connectivity index (χ1) is 9.11. The Hall–Kier alpha value is -1.12. The summed E-state index contributed by atoms with van der Waals surface area (Å²) in [7, 11) is -3.36. The van der Waals surface area contributed by atoms with Gasteiger partial charge in [0.05, 0.1) is 11.5 Å². The van der Waals surface area contributed by atoms with Crippen LogP contribution in [0, 0.1) is 0 Å². The van der Waals surface area contributed by atoms with Crippen LogP contribution >= 0.6 is 0 Å². The topological polar surface area (TPSA) is 57.6 Å². The maximum atomic E-state index is 12.3. The van der Waals surface area contributed by atoms with Gasteiger partial charge in [0.15, 0.2) is 0 Å². The number of nitrogens with zero attached hydrogens (tertiary/aromatic N) is 1. The molecule has 0 amide bonds. The summed E-state index contributed by atoms with van der Waals surface area (Å²) in [5.74, 6) is 0. The largest absolute Gasteiger partial charge is 0.402 e. The van der Waals surface area contributed by atoms with Crippen molar-refractivity contribution in [2.75, 3.05) is 13.6 Å². The summed E-state index contributed by atoms with van der Waals surface area (Å²) in [6.07, 6.45) is -4.01. The fourth-order valence-electron chi connectivity index (χ4n) is 1.77. The first-order valence-corrected chi connectivity index (χ1v) is 7.31. The van der Waals surface area contributed by atoms with Gasteiger partial charge in [0.25, 0.3) is 0 Å². The second kappa shape index (κ2) is 6.11. The lowest BCUT2D eigenvalue weighted by molar-refractivity contribution is -0.134. The third kappa shape index (κ3) is 3.94. The van der Waals surface area contributed by atoms with Crippen LogP contribution in [-0.4, -0.2) is 37.6 Å². The maximum absolute atomic E-state index is 12.3. The van der Waals surface area contributed by atoms with Crippen molar-refractivity contribution in [2.24, 2.45) is 0 Å². The second-order valence-corrected chi connectivity index (χ2v) is 6.36. The Balaban J connectivity index is 3.16. The molecule has 1 aromatic carbocycles. The number of rotatable bonds is 5. The molecule has 0 saturated carbocycles. The number of hydrogen-bond donors (Lipinski definition) is 1. The third-order valence-corrected chi connectivity index (χ3v) is 4.64. The zero-order chi connectivity index (χ0) is 15.6. The van der Waals surface area contributed by atoms with Crippen LogP contribution in [0.1, 0.15) is 18.1 Å². The molecule has 0 bridgehead atoms. The summed E-state index contributed by atoms with van der Waals surface area (Å²) in [5.41, 5.74) is 1.15. The number of sulfonamides is 1. The van der Waals surface area contributed by atoms with Crippen LogP contribution in [0.5, 0.6) is 0 Å². The summed E-state index contributed by atoms with van der Waals surface area (Å²) >= 11 is 0. The highest BCUT2D eigenvalue weighted by Gasteiger charge is 2.34. The lowest BCUT2D eigenvalue weighted by Gasteiger charge is -2.19. The Labute approximate surface area is 115 Å². The van der Waals surface area contributed by atoms with Gasteiger partial charge in [-0.2, -0.15) is 17.5 Å². The summed E-state index contributed by atoms with van der Waals surface area (Å²) in [6, 6.07) is 3.96. The normalized spacial score (nSPS) is 12.9. The van der Waals surface area contributed by atoms with E-state index in [-0.39, 0.29) is 15.8 Å². The van der Waals surface area contributed by atoms with E-state index in [2.05, 4.69) is 0 Å². The monoisotopic (exact) mass is 311 g/mol. The molecule has 0 heterocycles. The summed E-state index contributed by atoms with van der Waals surface area (Å²) in [4.78, 5) is -0.259. The molecule has 0 aliphatic heterocycles. The average molecular weight is 311 g/mol. The van der Waals surface area contributed by atoms with Crippen molar-refractivity contribution in [1.29, 1.82) is 0 Å². The standard InChI is InChI=1S/C12H16F3NO3S/c1-3-9-4-5-11(6-10(9)7-17)20(18,19)16(2)8-12(13,14)15/h4-6,17H,3,7-8H2,1-2H3. The first-order valence-electron chi connectivity index (χ1n) is 5.87. The molecule has 0 saturated heterocycles. The number of hydrogen-bond acceptors (Lipinski definition) is 3. The average Bonchev–Trinajstić information content (AvgIpc) is 2.35. The fraction of sp³-hybridized carbons (Fsp3) is 0.500. The SMILES string of the molecule is CCc1ccc(S(=O)(=O)N(C)CC(F)(F)F)cc1CO. The lowest BCUT2D eigenvalue weighted by Crippen LogP contribution is -2.35. The van der Waals surface area contributed by atoms with Gasteiger partial charge in [0.2, 0.25) is 10.0 Å². The Bertz CT molecular complexity index is 570. The van der Waals surface area contributed by atoms with E-state index in [0.717, 1.165) is 12.6 Å². The predicted molar refractivity (Wildman–Crippen MR) is 67.6 cm³/mol. The minimum atomic E-state index is -4.61. The van der Waals surface area contributed by atoms with Crippen molar-refractivity contribution >= 4 is 10.0 Å². The first kappa shape index (κ1) is 16.9. The molecule has 0 aliphatic rings. The Kier molecular flexibility index (Phi) is 5.17. The molecule has 0 atom stereocenters. The Morgan fingerprint density at radius 2 is 1.85 bits per heavy atom. The number of aliphatic hydroxyl groups is 1. The Morgan fingerprint density at radius 1 is 1.25 bits per heavy atom. The molecule has 0 radical (unpaired) electrons. The molecule has 1 rings (SSSR count). The minimum absolute atomic E-state index is 0.245. The third-order valence-electron chi connectivity index (χ3n) is 2.84. The van der Waals surface area contributed by atoms with Crippen molar-refractivity contribution in [1.82, 2.24) is 4.31 Å². The van der Waals surface area contributed by atoms with E-state index < -0.39 is 22.7 Å². The number of alkyl halides is 3. The molecule has 1 aromatic rings. The molecule has 114 valence electrons. The smallest absolute Gasteiger partial charge is 0.392 e. The number of halogens is 3. The van der Waals surface area contributed by atoms with Gasteiger partial charge in [0, 0.05) is 7.05 Å². The van der Waals surface area contributed by atoms with E-state index in [0.29, 0.717) is 12.0 Å². The van der Waals surface area contributed by atoms with Gasteiger partial charge in [-0.05, 0) is 29.7 Å². The summed E-state index contributed by atoms with van der Waals surface area (Å²) < 4.78 is 61.1. The summed E-state index contributed by atoms with van der Waals surface area (Å²) in [5, 5.41) is 9.18. The fourth-order valence-corrected chi connectivity index (χ4v) is 2.98. The molecule has 8 heteroatoms. The van der Waals surface area contributed by atoms with Crippen molar-refractivity contribution in [3.05, 3.63) is 29.3 Å². The van der Waals surface area contributed by atoms with Gasteiger partial charge in [0.1, 0.15) is 6.54 Å². The van der Waals surface area contributed by atoms with E-state index in [9.17, 15) is 26.7 Å². The van der Waals surface area contributed by atoms with Gasteiger partial charge in [-0.25, -0.2) is 8.42 Å². The van der Waals surface area contributed by atoms with Gasteiger partial charge in [-0.3, -0.25) is 0 Å². The molecule has 4 nitrogen and oxygen atoms in total. The van der Waals surface area contributed by atoms with Crippen molar-refractivity contribution in [3.63, 3.8) is 0 Å². The molecule has 0 aromatic heterocycles. The Morgan fingerprint density at radius 3 is 2.30 bits per heavy atom. The van der Waals surface area contributed by atoms with Crippen LogP contribution < -0.4 is 0 Å². The van der Waals surface area contributed by atoms with E-state index >= 15 is 0 Å². The number of aryl methyl sites for hydroxylation is 1. The van der Waals surface area contributed by atoms with Crippen LogP contribution in [0.3, 0.4) is 0 Å². The number of aliphatic hydroxyl groups excluding tert-OH is 1. The molecule has 0 unspecified atom stereocenters. The van der Waals surface area contributed by atoms with Crippen LogP contribution in [0.15, 0.2) is 23.1 Å². The zero-order valence-corrected chi connectivity index (χ0v) is 11.9. The quantitative estimate of drug-likeness (QED) is 0.904. The van der Waals surface area contributed by atoms with E-state index in [1.807, 2.05) is 6.92 Å². The molecular formula is C12H16F3NO3S. The lowest BCUT2D eigenvalue weighted by atomic mass is 10.1. The highest BCUT2D eigenvalue weighted by molar-refractivity contribution is 7.89. The van der Waals surface area contributed by atoms with Crippen LogP contribution in [0.25, 0.3) is 0 Å². The molecule has 0 spiro atoms. The van der Waals surface area contributed by atoms with Crippen molar-refractivity contribution in [3.8, 4) is 0 Å².